The molecule has 1 aliphatic rings. The van der Waals surface area contributed by atoms with E-state index in [1.54, 1.807) is 11.8 Å². The number of benzene rings is 2. The summed E-state index contributed by atoms with van der Waals surface area (Å²) in [7, 11) is 0. The van der Waals surface area contributed by atoms with Gasteiger partial charge in [0.1, 0.15) is 0 Å². The Morgan fingerprint density at radius 3 is 2.50 bits per heavy atom. The van der Waals surface area contributed by atoms with Crippen molar-refractivity contribution in [1.82, 2.24) is 0 Å². The normalized spacial score (nSPS) is 15.8. The quantitative estimate of drug-likeness (QED) is 0.752. The van der Waals surface area contributed by atoms with Crippen molar-refractivity contribution in [3.8, 4) is 0 Å². The number of hydrogen-bond donors (Lipinski definition) is 2. The summed E-state index contributed by atoms with van der Waals surface area (Å²) in [6.45, 7) is 1.50. The van der Waals surface area contributed by atoms with Gasteiger partial charge in [0.15, 0.2) is 0 Å². The van der Waals surface area contributed by atoms with Crippen LogP contribution in [0.5, 0.6) is 0 Å². The van der Waals surface area contributed by atoms with E-state index in [-0.39, 0.29) is 18.3 Å². The Bertz CT molecular complexity index is 735. The molecule has 26 heavy (non-hydrogen) atoms. The van der Waals surface area contributed by atoms with Crippen LogP contribution in [-0.4, -0.2) is 25.7 Å². The summed E-state index contributed by atoms with van der Waals surface area (Å²) in [4.78, 5) is 14.9. The van der Waals surface area contributed by atoms with Crippen LogP contribution in [0.4, 0.5) is 5.69 Å². The number of anilines is 1. The van der Waals surface area contributed by atoms with E-state index in [0.29, 0.717) is 37.6 Å². The lowest BCUT2D eigenvalue weighted by molar-refractivity contribution is -0.130. The van der Waals surface area contributed by atoms with Crippen molar-refractivity contribution in [2.24, 2.45) is 11.1 Å². The number of hydrogen-bond acceptors (Lipinski definition) is 4. The maximum Gasteiger partial charge on any atom is 0.232 e. The molecular weight excluding hydrogens is 391 g/mol. The van der Waals surface area contributed by atoms with Gasteiger partial charge >= 0.3 is 0 Å². The Labute approximate surface area is 169 Å². The maximum absolute atomic E-state index is 12.8. The van der Waals surface area contributed by atoms with Gasteiger partial charge < -0.3 is 15.8 Å². The van der Waals surface area contributed by atoms with E-state index in [4.69, 9.17) is 22.1 Å². The number of carbonyl (C=O) groups is 1. The fourth-order valence-corrected chi connectivity index (χ4v) is 3.83. The summed E-state index contributed by atoms with van der Waals surface area (Å²) in [5, 5.41) is 3.75. The molecule has 2 aromatic carbocycles. The molecule has 1 fully saturated rings. The SMILES string of the molecule is Cl.NCC1(C(=O)Nc2cccc(Sc3ccc(Cl)cc3)c2)CCOCC1. The highest BCUT2D eigenvalue weighted by Crippen LogP contribution is 2.33. The molecule has 0 bridgehead atoms. The maximum atomic E-state index is 12.8. The largest absolute Gasteiger partial charge is 0.381 e. The molecule has 3 rings (SSSR count). The lowest BCUT2D eigenvalue weighted by atomic mass is 9.79. The van der Waals surface area contributed by atoms with Gasteiger partial charge in [-0.25, -0.2) is 0 Å². The second kappa shape index (κ2) is 9.62. The third-order valence-corrected chi connectivity index (χ3v) is 5.71. The highest BCUT2D eigenvalue weighted by Gasteiger charge is 2.38. The molecule has 0 radical (unpaired) electrons. The van der Waals surface area contributed by atoms with Crippen LogP contribution in [0.15, 0.2) is 58.3 Å². The molecule has 4 nitrogen and oxygen atoms in total. The van der Waals surface area contributed by atoms with E-state index in [2.05, 4.69) is 5.32 Å². The Kier molecular flexibility index (Phi) is 7.80. The monoisotopic (exact) mass is 412 g/mol. The Morgan fingerprint density at radius 2 is 1.85 bits per heavy atom. The van der Waals surface area contributed by atoms with Gasteiger partial charge in [-0.1, -0.05) is 29.4 Å². The summed E-state index contributed by atoms with van der Waals surface area (Å²) >= 11 is 7.55. The number of ether oxygens (including phenoxy) is 1. The molecule has 1 heterocycles. The third-order valence-electron chi connectivity index (χ3n) is 4.46. The van der Waals surface area contributed by atoms with Gasteiger partial charge in [-0.2, -0.15) is 0 Å². The van der Waals surface area contributed by atoms with E-state index in [1.807, 2.05) is 48.5 Å². The van der Waals surface area contributed by atoms with Crippen molar-refractivity contribution in [2.45, 2.75) is 22.6 Å². The number of carbonyl (C=O) groups excluding carboxylic acids is 1. The Balaban J connectivity index is 0.00000243. The van der Waals surface area contributed by atoms with Crippen LogP contribution in [-0.2, 0) is 9.53 Å². The minimum atomic E-state index is -0.530. The molecule has 0 atom stereocenters. The zero-order valence-electron chi connectivity index (χ0n) is 14.2. The third kappa shape index (κ3) is 5.15. The minimum Gasteiger partial charge on any atom is -0.381 e. The lowest BCUT2D eigenvalue weighted by Crippen LogP contribution is -2.46. The zero-order valence-corrected chi connectivity index (χ0v) is 16.6. The first-order chi connectivity index (χ1) is 12.1. The highest BCUT2D eigenvalue weighted by molar-refractivity contribution is 7.99. The smallest absolute Gasteiger partial charge is 0.232 e. The molecule has 1 saturated heterocycles. The molecule has 1 aliphatic heterocycles. The van der Waals surface area contributed by atoms with Crippen molar-refractivity contribution >= 4 is 47.4 Å². The van der Waals surface area contributed by atoms with E-state index in [0.717, 1.165) is 15.5 Å². The van der Waals surface area contributed by atoms with Crippen molar-refractivity contribution in [3.63, 3.8) is 0 Å². The summed E-state index contributed by atoms with van der Waals surface area (Å²) in [5.74, 6) is -0.0213. The molecule has 0 aliphatic carbocycles. The van der Waals surface area contributed by atoms with Crippen LogP contribution in [0.1, 0.15) is 12.8 Å². The van der Waals surface area contributed by atoms with Gasteiger partial charge in [0.2, 0.25) is 5.91 Å². The summed E-state index contributed by atoms with van der Waals surface area (Å²) in [5.41, 5.74) is 6.16. The van der Waals surface area contributed by atoms with Gasteiger partial charge in [0, 0.05) is 40.3 Å². The number of nitrogens with two attached hydrogens (primary N) is 1. The number of amides is 1. The average molecular weight is 413 g/mol. The predicted octanol–water partition coefficient (Wildman–Crippen LogP) is 4.61. The van der Waals surface area contributed by atoms with E-state index >= 15 is 0 Å². The van der Waals surface area contributed by atoms with Gasteiger partial charge in [0.05, 0.1) is 5.41 Å². The van der Waals surface area contributed by atoms with E-state index < -0.39 is 5.41 Å². The second-order valence-corrected chi connectivity index (χ2v) is 7.72. The number of rotatable bonds is 5. The molecule has 1 amide bonds. The molecule has 3 N–H and O–H groups in total. The average Bonchev–Trinajstić information content (AvgIpc) is 2.64. The fraction of sp³-hybridized carbons (Fsp3) is 0.316. The van der Waals surface area contributed by atoms with Gasteiger partial charge in [-0.3, -0.25) is 4.79 Å². The molecule has 0 saturated carbocycles. The summed E-state index contributed by atoms with van der Waals surface area (Å²) in [6.07, 6.45) is 1.32. The standard InChI is InChI=1S/C19H21ClN2O2S.ClH/c20-14-4-6-16(7-5-14)25-17-3-1-2-15(12-17)22-18(23)19(13-21)8-10-24-11-9-19;/h1-7,12H,8-11,13,21H2,(H,22,23);1H. The Hall–Kier alpha value is -1.24. The van der Waals surface area contributed by atoms with Crippen LogP contribution < -0.4 is 11.1 Å². The number of halogens is 2. The molecule has 0 spiro atoms. The number of nitrogens with one attached hydrogen (secondary N) is 1. The van der Waals surface area contributed by atoms with E-state index in [9.17, 15) is 4.79 Å². The summed E-state index contributed by atoms with van der Waals surface area (Å²) < 4.78 is 5.37. The van der Waals surface area contributed by atoms with Crippen LogP contribution >= 0.6 is 35.8 Å². The molecule has 7 heteroatoms. The fourth-order valence-electron chi connectivity index (χ4n) is 2.83. The predicted molar refractivity (Wildman–Crippen MR) is 109 cm³/mol. The van der Waals surface area contributed by atoms with Crippen LogP contribution in [0.2, 0.25) is 5.02 Å². The van der Waals surface area contributed by atoms with Crippen molar-refractivity contribution in [1.29, 1.82) is 0 Å². The van der Waals surface area contributed by atoms with Crippen LogP contribution in [0.3, 0.4) is 0 Å². The second-order valence-electron chi connectivity index (χ2n) is 6.13. The first-order valence-corrected chi connectivity index (χ1v) is 9.43. The molecule has 0 aromatic heterocycles. The van der Waals surface area contributed by atoms with Crippen molar-refractivity contribution in [2.75, 3.05) is 25.1 Å². The Morgan fingerprint density at radius 1 is 1.15 bits per heavy atom. The summed E-state index contributed by atoms with van der Waals surface area (Å²) in [6, 6.07) is 15.5. The zero-order chi connectivity index (χ0) is 17.7. The van der Waals surface area contributed by atoms with Crippen molar-refractivity contribution < 1.29 is 9.53 Å². The molecule has 0 unspecified atom stereocenters. The van der Waals surface area contributed by atoms with Crippen molar-refractivity contribution in [3.05, 3.63) is 53.6 Å². The molecule has 2 aromatic rings. The lowest BCUT2D eigenvalue weighted by Gasteiger charge is -2.34. The highest BCUT2D eigenvalue weighted by atomic mass is 35.5. The first-order valence-electron chi connectivity index (χ1n) is 8.24. The molecular formula is C19H22Cl2N2O2S. The first kappa shape index (κ1) is 21.1. The molecule has 140 valence electrons. The topological polar surface area (TPSA) is 64.4 Å². The van der Waals surface area contributed by atoms with Gasteiger partial charge in [-0.05, 0) is 55.3 Å². The van der Waals surface area contributed by atoms with Gasteiger partial charge in [0.25, 0.3) is 0 Å². The van der Waals surface area contributed by atoms with Crippen LogP contribution in [0, 0.1) is 5.41 Å². The van der Waals surface area contributed by atoms with Gasteiger partial charge in [-0.15, -0.1) is 12.4 Å². The van der Waals surface area contributed by atoms with Crippen LogP contribution in [0.25, 0.3) is 0 Å². The van der Waals surface area contributed by atoms with E-state index in [1.165, 1.54) is 0 Å². The minimum absolute atomic E-state index is 0.